The van der Waals surface area contributed by atoms with Gasteiger partial charge in [0.05, 0.1) is 6.04 Å². The Labute approximate surface area is 147 Å². The van der Waals surface area contributed by atoms with Crippen molar-refractivity contribution in [1.82, 2.24) is 9.80 Å². The highest BCUT2D eigenvalue weighted by Crippen LogP contribution is 2.24. The molecule has 2 saturated heterocycles. The number of para-hydroxylation sites is 1. The molecule has 2 aliphatic rings. The normalized spacial score (nSPS) is 22.8. The fourth-order valence-corrected chi connectivity index (χ4v) is 4.80. The number of thioether (sulfide) groups is 1. The van der Waals surface area contributed by atoms with E-state index < -0.39 is 0 Å². The van der Waals surface area contributed by atoms with Gasteiger partial charge in [-0.15, -0.1) is 0 Å². The second kappa shape index (κ2) is 7.19. The van der Waals surface area contributed by atoms with Crippen molar-refractivity contribution in [3.63, 3.8) is 0 Å². The first-order valence-corrected chi connectivity index (χ1v) is 10.1. The number of likely N-dealkylation sites (tertiary alicyclic amines) is 1. The average molecular weight is 344 g/mol. The Morgan fingerprint density at radius 3 is 2.83 bits per heavy atom. The van der Waals surface area contributed by atoms with Crippen molar-refractivity contribution < 1.29 is 9.21 Å². The maximum atomic E-state index is 13.1. The van der Waals surface area contributed by atoms with Crippen LogP contribution in [0.15, 0.2) is 34.7 Å². The van der Waals surface area contributed by atoms with Crippen molar-refractivity contribution in [3.05, 3.63) is 36.1 Å². The molecule has 0 aliphatic carbocycles. The highest BCUT2D eigenvalue weighted by atomic mass is 32.2. The molecule has 24 heavy (non-hydrogen) atoms. The first kappa shape index (κ1) is 16.0. The second-order valence-corrected chi connectivity index (χ2v) is 7.89. The lowest BCUT2D eigenvalue weighted by Gasteiger charge is -2.32. The molecule has 1 aromatic carbocycles. The second-order valence-electron chi connectivity index (χ2n) is 6.74. The zero-order valence-corrected chi connectivity index (χ0v) is 14.8. The Bertz CT molecular complexity index is 675. The van der Waals surface area contributed by atoms with Crippen LogP contribution in [-0.2, 0) is 0 Å². The van der Waals surface area contributed by atoms with Gasteiger partial charge in [0.1, 0.15) is 5.58 Å². The summed E-state index contributed by atoms with van der Waals surface area (Å²) in [7, 11) is 0. The number of hydrogen-bond donors (Lipinski definition) is 0. The van der Waals surface area contributed by atoms with Crippen LogP contribution < -0.4 is 0 Å². The molecule has 0 radical (unpaired) electrons. The number of benzene rings is 1. The van der Waals surface area contributed by atoms with Crippen molar-refractivity contribution in [1.29, 1.82) is 0 Å². The van der Waals surface area contributed by atoms with Crippen LogP contribution in [0.5, 0.6) is 0 Å². The molecule has 0 N–H and O–H groups in total. The van der Waals surface area contributed by atoms with Gasteiger partial charge in [-0.3, -0.25) is 4.79 Å². The fraction of sp³-hybridized carbons (Fsp3) is 0.526. The van der Waals surface area contributed by atoms with E-state index in [4.69, 9.17) is 4.42 Å². The van der Waals surface area contributed by atoms with Gasteiger partial charge in [-0.1, -0.05) is 18.2 Å². The molecule has 3 heterocycles. The largest absolute Gasteiger partial charge is 0.451 e. The minimum Gasteiger partial charge on any atom is -0.451 e. The lowest BCUT2D eigenvalue weighted by molar-refractivity contribution is 0.0637. The molecule has 1 unspecified atom stereocenters. The van der Waals surface area contributed by atoms with E-state index in [2.05, 4.69) is 9.80 Å². The van der Waals surface area contributed by atoms with Crippen molar-refractivity contribution >= 4 is 28.6 Å². The third kappa shape index (κ3) is 3.33. The van der Waals surface area contributed by atoms with Crippen LogP contribution in [0.1, 0.15) is 29.8 Å². The van der Waals surface area contributed by atoms with Crippen LogP contribution in [0, 0.1) is 0 Å². The molecular weight excluding hydrogens is 320 g/mol. The summed E-state index contributed by atoms with van der Waals surface area (Å²) in [5, 5.41) is 1.00. The standard InChI is InChI=1S/C19H24N2O2S/c22-19(18-12-15-6-1-2-7-17(15)23-18)21-10-5-11-24-14-16(21)13-20-8-3-4-9-20/h1-2,6-7,12,16H,3-5,8-11,13-14H2. The Kier molecular flexibility index (Phi) is 4.81. The number of nitrogens with zero attached hydrogens (tertiary/aromatic N) is 2. The quantitative estimate of drug-likeness (QED) is 0.854. The lowest BCUT2D eigenvalue weighted by atomic mass is 10.2. The number of carbonyl (C=O) groups excluding carboxylic acids is 1. The van der Waals surface area contributed by atoms with E-state index in [0.717, 1.165) is 42.0 Å². The van der Waals surface area contributed by atoms with Crippen molar-refractivity contribution in [3.8, 4) is 0 Å². The van der Waals surface area contributed by atoms with Gasteiger partial charge in [0.25, 0.3) is 5.91 Å². The van der Waals surface area contributed by atoms with Crippen LogP contribution in [-0.4, -0.2) is 59.4 Å². The Morgan fingerprint density at radius 2 is 2.00 bits per heavy atom. The number of amides is 1. The number of fused-ring (bicyclic) bond motifs is 1. The molecule has 1 amide bonds. The van der Waals surface area contributed by atoms with E-state index >= 15 is 0 Å². The molecule has 1 aromatic heterocycles. The van der Waals surface area contributed by atoms with Gasteiger partial charge in [0.15, 0.2) is 5.76 Å². The molecule has 2 aromatic rings. The minimum atomic E-state index is 0.0536. The predicted octanol–water partition coefficient (Wildman–Crippen LogP) is 3.48. The van der Waals surface area contributed by atoms with Crippen molar-refractivity contribution in [2.75, 3.05) is 37.7 Å². The van der Waals surface area contributed by atoms with Gasteiger partial charge in [-0.25, -0.2) is 0 Å². The SMILES string of the molecule is O=C(c1cc2ccccc2o1)N1CCCSCC1CN1CCCC1. The van der Waals surface area contributed by atoms with Crippen LogP contribution in [0.25, 0.3) is 11.0 Å². The number of hydrogen-bond acceptors (Lipinski definition) is 4. The molecule has 4 nitrogen and oxygen atoms in total. The maximum absolute atomic E-state index is 13.1. The first-order valence-electron chi connectivity index (χ1n) is 8.91. The van der Waals surface area contributed by atoms with Crippen LogP contribution in [0.2, 0.25) is 0 Å². The monoisotopic (exact) mass is 344 g/mol. The molecule has 1 atom stereocenters. The molecule has 4 rings (SSSR count). The zero-order valence-electron chi connectivity index (χ0n) is 13.9. The Hall–Kier alpha value is -1.46. The number of furan rings is 1. The minimum absolute atomic E-state index is 0.0536. The van der Waals surface area contributed by atoms with E-state index in [1.807, 2.05) is 42.1 Å². The van der Waals surface area contributed by atoms with Crippen LogP contribution >= 0.6 is 11.8 Å². The highest BCUT2D eigenvalue weighted by Gasteiger charge is 2.30. The summed E-state index contributed by atoms with van der Waals surface area (Å²) in [4.78, 5) is 17.7. The average Bonchev–Trinajstić information content (AvgIpc) is 3.20. The molecule has 0 saturated carbocycles. The van der Waals surface area contributed by atoms with E-state index in [-0.39, 0.29) is 11.9 Å². The van der Waals surface area contributed by atoms with Crippen LogP contribution in [0.4, 0.5) is 0 Å². The first-order chi connectivity index (χ1) is 11.8. The Balaban J connectivity index is 1.56. The zero-order chi connectivity index (χ0) is 16.4. The number of carbonyl (C=O) groups is 1. The van der Waals surface area contributed by atoms with Gasteiger partial charge in [-0.2, -0.15) is 11.8 Å². The van der Waals surface area contributed by atoms with Gasteiger partial charge in [0.2, 0.25) is 0 Å². The lowest BCUT2D eigenvalue weighted by Crippen LogP contribution is -2.47. The highest BCUT2D eigenvalue weighted by molar-refractivity contribution is 7.99. The fourth-order valence-electron chi connectivity index (χ4n) is 3.74. The molecule has 128 valence electrons. The summed E-state index contributed by atoms with van der Waals surface area (Å²) in [6.45, 7) is 4.18. The molecule has 2 aliphatic heterocycles. The predicted molar refractivity (Wildman–Crippen MR) is 98.7 cm³/mol. The van der Waals surface area contributed by atoms with E-state index in [1.54, 1.807) is 0 Å². The van der Waals surface area contributed by atoms with Gasteiger partial charge >= 0.3 is 0 Å². The maximum Gasteiger partial charge on any atom is 0.289 e. The van der Waals surface area contributed by atoms with Gasteiger partial charge in [0, 0.05) is 24.2 Å². The summed E-state index contributed by atoms with van der Waals surface area (Å²) < 4.78 is 5.83. The smallest absolute Gasteiger partial charge is 0.289 e. The summed E-state index contributed by atoms with van der Waals surface area (Å²) in [6.07, 6.45) is 3.64. The third-order valence-corrected chi connectivity index (χ3v) is 6.20. The summed E-state index contributed by atoms with van der Waals surface area (Å²) in [5.74, 6) is 2.70. The van der Waals surface area contributed by atoms with Crippen molar-refractivity contribution in [2.45, 2.75) is 25.3 Å². The molecule has 5 heteroatoms. The molecular formula is C19H24N2O2S. The summed E-state index contributed by atoms with van der Waals surface area (Å²) in [6, 6.07) is 10.0. The van der Waals surface area contributed by atoms with Gasteiger partial charge < -0.3 is 14.2 Å². The van der Waals surface area contributed by atoms with Crippen LogP contribution in [0.3, 0.4) is 0 Å². The molecule has 0 spiro atoms. The van der Waals surface area contributed by atoms with E-state index in [9.17, 15) is 4.79 Å². The summed E-state index contributed by atoms with van der Waals surface area (Å²) in [5.41, 5.74) is 0.793. The van der Waals surface area contributed by atoms with Gasteiger partial charge in [-0.05, 0) is 50.2 Å². The number of rotatable bonds is 3. The Morgan fingerprint density at radius 1 is 1.17 bits per heavy atom. The summed E-state index contributed by atoms with van der Waals surface area (Å²) >= 11 is 1.98. The molecule has 2 fully saturated rings. The third-order valence-electron chi connectivity index (χ3n) is 5.00. The molecule has 0 bridgehead atoms. The van der Waals surface area contributed by atoms with E-state index in [1.165, 1.54) is 25.9 Å². The topological polar surface area (TPSA) is 36.7 Å². The van der Waals surface area contributed by atoms with Crippen molar-refractivity contribution in [2.24, 2.45) is 0 Å². The van der Waals surface area contributed by atoms with E-state index in [0.29, 0.717) is 5.76 Å².